The van der Waals surface area contributed by atoms with Gasteiger partial charge in [-0.15, -0.1) is 5.10 Å². The van der Waals surface area contributed by atoms with Crippen LogP contribution in [0.2, 0.25) is 5.02 Å². The van der Waals surface area contributed by atoms with E-state index in [4.69, 9.17) is 20.8 Å². The molecule has 1 N–H and O–H groups in total. The van der Waals surface area contributed by atoms with Crippen molar-refractivity contribution < 1.29 is 13.9 Å². The predicted molar refractivity (Wildman–Crippen MR) is 96.3 cm³/mol. The zero-order valence-corrected chi connectivity index (χ0v) is 15.2. The molecule has 0 unspecified atom stereocenters. The fourth-order valence-electron chi connectivity index (χ4n) is 2.02. The van der Waals surface area contributed by atoms with Gasteiger partial charge >= 0.3 is 0 Å². The lowest BCUT2D eigenvalue weighted by Crippen LogP contribution is -2.29. The van der Waals surface area contributed by atoms with Crippen LogP contribution in [0.5, 0.6) is 5.75 Å². The molecule has 0 aliphatic carbocycles. The third kappa shape index (κ3) is 5.50. The van der Waals surface area contributed by atoms with E-state index in [1.54, 1.807) is 41.3 Å². The van der Waals surface area contributed by atoms with Gasteiger partial charge < -0.3 is 14.5 Å². The summed E-state index contributed by atoms with van der Waals surface area (Å²) in [6, 6.07) is 10.7. The van der Waals surface area contributed by atoms with Crippen molar-refractivity contribution in [1.82, 2.24) is 25.5 Å². The van der Waals surface area contributed by atoms with Gasteiger partial charge in [0, 0.05) is 5.02 Å². The van der Waals surface area contributed by atoms with Gasteiger partial charge in [-0.25, -0.2) is 4.68 Å². The minimum atomic E-state index is -0.123. The van der Waals surface area contributed by atoms with E-state index in [0.29, 0.717) is 35.6 Å². The molecule has 8 nitrogen and oxygen atoms in total. The van der Waals surface area contributed by atoms with Crippen LogP contribution in [0.3, 0.4) is 0 Å². The van der Waals surface area contributed by atoms with Crippen molar-refractivity contribution in [3.8, 4) is 5.75 Å². The van der Waals surface area contributed by atoms with E-state index in [0.717, 1.165) is 5.76 Å². The van der Waals surface area contributed by atoms with Gasteiger partial charge in [-0.3, -0.25) is 4.79 Å². The van der Waals surface area contributed by atoms with E-state index in [1.807, 2.05) is 6.07 Å². The van der Waals surface area contributed by atoms with Crippen LogP contribution < -0.4 is 10.1 Å². The summed E-state index contributed by atoms with van der Waals surface area (Å²) in [6.45, 7) is 1.19. The highest BCUT2D eigenvalue weighted by Crippen LogP contribution is 2.16. The Morgan fingerprint density at radius 2 is 2.15 bits per heavy atom. The predicted octanol–water partition coefficient (Wildman–Crippen LogP) is 2.26. The molecule has 0 fully saturated rings. The van der Waals surface area contributed by atoms with E-state index in [-0.39, 0.29) is 11.7 Å². The first-order valence-electron chi connectivity index (χ1n) is 7.77. The average molecular weight is 394 g/mol. The molecule has 0 saturated carbocycles. The maximum absolute atomic E-state index is 11.9. The number of nitrogens with one attached hydrogen (secondary N) is 1. The Morgan fingerprint density at radius 3 is 2.92 bits per heavy atom. The molecule has 10 heteroatoms. The van der Waals surface area contributed by atoms with Gasteiger partial charge in [0.2, 0.25) is 11.1 Å². The summed E-state index contributed by atoms with van der Waals surface area (Å²) in [5.74, 6) is 1.53. The molecule has 0 radical (unpaired) electrons. The minimum absolute atomic E-state index is 0.123. The highest BCUT2D eigenvalue weighted by atomic mass is 35.5. The van der Waals surface area contributed by atoms with Crippen molar-refractivity contribution in [3.05, 3.63) is 53.4 Å². The molecule has 26 heavy (non-hydrogen) atoms. The second-order valence-electron chi connectivity index (χ2n) is 5.14. The Hall–Kier alpha value is -2.52. The van der Waals surface area contributed by atoms with Crippen molar-refractivity contribution in [2.75, 3.05) is 18.9 Å². The summed E-state index contributed by atoms with van der Waals surface area (Å²) >= 11 is 7.06. The van der Waals surface area contributed by atoms with Crippen LogP contribution in [-0.4, -0.2) is 45.0 Å². The molecule has 0 spiro atoms. The number of furan rings is 1. The Balaban J connectivity index is 1.36. The Kier molecular flexibility index (Phi) is 6.50. The summed E-state index contributed by atoms with van der Waals surface area (Å²) in [4.78, 5) is 11.9. The van der Waals surface area contributed by atoms with Gasteiger partial charge in [-0.1, -0.05) is 23.4 Å². The molecule has 3 rings (SSSR count). The number of amides is 1. The Bertz CT molecular complexity index is 823. The van der Waals surface area contributed by atoms with Crippen molar-refractivity contribution in [2.45, 2.75) is 11.7 Å². The molecular weight excluding hydrogens is 378 g/mol. The topological polar surface area (TPSA) is 95.1 Å². The zero-order valence-electron chi connectivity index (χ0n) is 13.7. The number of carbonyl (C=O) groups is 1. The van der Waals surface area contributed by atoms with Crippen LogP contribution in [0.25, 0.3) is 0 Å². The highest BCUT2D eigenvalue weighted by Gasteiger charge is 2.11. The van der Waals surface area contributed by atoms with Gasteiger partial charge in [0.25, 0.3) is 0 Å². The van der Waals surface area contributed by atoms with Crippen molar-refractivity contribution >= 4 is 29.3 Å². The molecule has 0 aliphatic rings. The normalized spacial score (nSPS) is 10.7. The number of thioether (sulfide) groups is 1. The van der Waals surface area contributed by atoms with E-state index in [1.165, 1.54) is 11.8 Å². The molecule has 3 aromatic rings. The van der Waals surface area contributed by atoms with Crippen molar-refractivity contribution in [2.24, 2.45) is 0 Å². The lowest BCUT2D eigenvalue weighted by atomic mass is 10.3. The van der Waals surface area contributed by atoms with Crippen LogP contribution in [0.1, 0.15) is 5.76 Å². The molecule has 1 amide bonds. The number of halogens is 1. The van der Waals surface area contributed by atoms with Crippen LogP contribution in [0, 0.1) is 0 Å². The average Bonchev–Trinajstić information content (AvgIpc) is 3.31. The lowest BCUT2D eigenvalue weighted by Gasteiger charge is -2.07. The smallest absolute Gasteiger partial charge is 0.230 e. The molecule has 2 aromatic heterocycles. The molecule has 0 saturated heterocycles. The summed E-state index contributed by atoms with van der Waals surface area (Å²) < 4.78 is 12.4. The second kappa shape index (κ2) is 9.25. The van der Waals surface area contributed by atoms with Crippen LogP contribution >= 0.6 is 23.4 Å². The SMILES string of the molecule is O=C(CSc1nnnn1Cc1ccco1)NCCOc1ccc(Cl)cc1. The first kappa shape index (κ1) is 18.3. The second-order valence-corrected chi connectivity index (χ2v) is 6.52. The maximum Gasteiger partial charge on any atom is 0.230 e. The molecule has 0 bridgehead atoms. The molecule has 0 aliphatic heterocycles. The van der Waals surface area contributed by atoms with E-state index < -0.39 is 0 Å². The zero-order chi connectivity index (χ0) is 18.2. The van der Waals surface area contributed by atoms with Gasteiger partial charge in [-0.2, -0.15) is 0 Å². The number of rotatable bonds is 9. The first-order valence-corrected chi connectivity index (χ1v) is 9.13. The highest BCUT2D eigenvalue weighted by molar-refractivity contribution is 7.99. The Morgan fingerprint density at radius 1 is 1.31 bits per heavy atom. The fraction of sp³-hybridized carbons (Fsp3) is 0.250. The molecule has 2 heterocycles. The number of carbonyl (C=O) groups excluding carboxylic acids is 1. The van der Waals surface area contributed by atoms with Gasteiger partial charge in [0.05, 0.1) is 18.6 Å². The molecule has 1 aromatic carbocycles. The number of tetrazole rings is 1. The minimum Gasteiger partial charge on any atom is -0.492 e. The number of nitrogens with zero attached hydrogens (tertiary/aromatic N) is 4. The van der Waals surface area contributed by atoms with Gasteiger partial charge in [-0.05, 0) is 46.8 Å². The summed E-state index contributed by atoms with van der Waals surface area (Å²) in [6.07, 6.45) is 1.59. The molecule has 0 atom stereocenters. The maximum atomic E-state index is 11.9. The monoisotopic (exact) mass is 393 g/mol. The largest absolute Gasteiger partial charge is 0.492 e. The van der Waals surface area contributed by atoms with Gasteiger partial charge in [0.15, 0.2) is 0 Å². The van der Waals surface area contributed by atoms with E-state index >= 15 is 0 Å². The van der Waals surface area contributed by atoms with Crippen molar-refractivity contribution in [3.63, 3.8) is 0 Å². The third-order valence-corrected chi connectivity index (χ3v) is 4.43. The fourth-order valence-corrected chi connectivity index (χ4v) is 2.85. The Labute approximate surface area is 158 Å². The standard InChI is InChI=1S/C16H16ClN5O3S/c17-12-3-5-13(6-4-12)25-9-7-18-15(23)11-26-16-19-20-21-22(16)10-14-2-1-8-24-14/h1-6,8H,7,9-11H2,(H,18,23). The number of hydrogen-bond acceptors (Lipinski definition) is 7. The van der Waals surface area contributed by atoms with Crippen LogP contribution in [-0.2, 0) is 11.3 Å². The summed E-state index contributed by atoms with van der Waals surface area (Å²) in [7, 11) is 0. The summed E-state index contributed by atoms with van der Waals surface area (Å²) in [5.41, 5.74) is 0. The number of ether oxygens (including phenoxy) is 1. The molecule has 136 valence electrons. The number of benzene rings is 1. The summed E-state index contributed by atoms with van der Waals surface area (Å²) in [5, 5.41) is 15.4. The van der Waals surface area contributed by atoms with E-state index in [9.17, 15) is 4.79 Å². The number of aromatic nitrogens is 4. The van der Waals surface area contributed by atoms with E-state index in [2.05, 4.69) is 20.8 Å². The van der Waals surface area contributed by atoms with Gasteiger partial charge in [0.1, 0.15) is 24.7 Å². The quantitative estimate of drug-likeness (QED) is 0.440. The molecular formula is C16H16ClN5O3S. The van der Waals surface area contributed by atoms with Crippen LogP contribution in [0.15, 0.2) is 52.2 Å². The van der Waals surface area contributed by atoms with Crippen LogP contribution in [0.4, 0.5) is 0 Å². The first-order chi connectivity index (χ1) is 12.7. The third-order valence-electron chi connectivity index (χ3n) is 3.22. The lowest BCUT2D eigenvalue weighted by molar-refractivity contribution is -0.118. The van der Waals surface area contributed by atoms with Crippen molar-refractivity contribution in [1.29, 1.82) is 0 Å². The number of hydrogen-bond donors (Lipinski definition) is 1.